The Labute approximate surface area is 119 Å². The summed E-state index contributed by atoms with van der Waals surface area (Å²) in [5.41, 5.74) is 1.07. The monoisotopic (exact) mass is 329 g/mol. The highest BCUT2D eigenvalue weighted by Gasteiger charge is 2.03. The molecule has 0 radical (unpaired) electrons. The van der Waals surface area contributed by atoms with Crippen LogP contribution in [0.25, 0.3) is 0 Å². The van der Waals surface area contributed by atoms with Gasteiger partial charge in [0.1, 0.15) is 0 Å². The molecule has 0 unspecified atom stereocenters. The third kappa shape index (κ3) is 3.80. The van der Waals surface area contributed by atoms with Crippen molar-refractivity contribution in [2.75, 3.05) is 6.54 Å². The van der Waals surface area contributed by atoms with Gasteiger partial charge in [0.2, 0.25) is 5.89 Å². The van der Waals surface area contributed by atoms with Gasteiger partial charge >= 0.3 is 0 Å². The smallest absolute Gasteiger partial charge is 0.223 e. The molecule has 1 aromatic carbocycles. The van der Waals surface area contributed by atoms with E-state index in [9.17, 15) is 0 Å². The lowest BCUT2D eigenvalue weighted by molar-refractivity contribution is 0.387. The molecule has 1 N–H and O–H groups in total. The van der Waals surface area contributed by atoms with Crippen molar-refractivity contribution < 1.29 is 4.52 Å². The van der Waals surface area contributed by atoms with E-state index in [1.165, 1.54) is 0 Å². The predicted octanol–water partition coefficient (Wildman–Crippen LogP) is 3.13. The summed E-state index contributed by atoms with van der Waals surface area (Å²) in [4.78, 5) is 4.13. The Hall–Kier alpha value is -0.910. The molecule has 0 atom stereocenters. The maximum atomic E-state index is 6.12. The molecule has 18 heavy (non-hydrogen) atoms. The van der Waals surface area contributed by atoms with E-state index in [4.69, 9.17) is 16.1 Å². The van der Waals surface area contributed by atoms with Crippen LogP contribution in [0.3, 0.4) is 0 Å². The van der Waals surface area contributed by atoms with Crippen LogP contribution in [0, 0.1) is 6.92 Å². The van der Waals surface area contributed by atoms with Gasteiger partial charge in [-0.15, -0.1) is 0 Å². The first-order valence-electron chi connectivity index (χ1n) is 5.59. The highest BCUT2D eigenvalue weighted by Crippen LogP contribution is 2.21. The number of aromatic nitrogens is 2. The van der Waals surface area contributed by atoms with Crippen molar-refractivity contribution >= 4 is 27.5 Å². The topological polar surface area (TPSA) is 51.0 Å². The minimum absolute atomic E-state index is 0.598. The van der Waals surface area contributed by atoms with Crippen LogP contribution in [0.5, 0.6) is 0 Å². The van der Waals surface area contributed by atoms with E-state index in [0.717, 1.165) is 40.4 Å². The van der Waals surface area contributed by atoms with Crippen molar-refractivity contribution in [2.45, 2.75) is 19.9 Å². The molecule has 0 amide bonds. The molecule has 0 aliphatic rings. The summed E-state index contributed by atoms with van der Waals surface area (Å²) < 4.78 is 5.88. The molecule has 0 fully saturated rings. The lowest BCUT2D eigenvalue weighted by Gasteiger charge is -2.06. The summed E-state index contributed by atoms with van der Waals surface area (Å²) >= 11 is 9.50. The molecule has 0 saturated heterocycles. The second kappa shape index (κ2) is 6.31. The molecule has 0 bridgehead atoms. The molecule has 4 nitrogen and oxygen atoms in total. The summed E-state index contributed by atoms with van der Waals surface area (Å²) in [7, 11) is 0. The third-order valence-corrected chi connectivity index (χ3v) is 3.27. The number of benzene rings is 1. The zero-order valence-corrected chi connectivity index (χ0v) is 12.3. The summed E-state index contributed by atoms with van der Waals surface area (Å²) in [5, 5.41) is 7.89. The molecular formula is C12H13BrClN3O. The zero-order valence-electron chi connectivity index (χ0n) is 9.91. The van der Waals surface area contributed by atoms with E-state index in [1.807, 2.05) is 18.2 Å². The Morgan fingerprint density at radius 3 is 2.94 bits per heavy atom. The lowest BCUT2D eigenvalue weighted by Crippen LogP contribution is -2.17. The standard InChI is InChI=1S/C12H13BrClN3O/c1-8-16-12(17-18-8)4-5-15-7-9-2-3-10(13)6-11(9)14/h2-3,6,15H,4-5,7H2,1H3. The zero-order chi connectivity index (χ0) is 13.0. The van der Waals surface area contributed by atoms with Gasteiger partial charge in [-0.3, -0.25) is 0 Å². The van der Waals surface area contributed by atoms with Crippen molar-refractivity contribution in [1.82, 2.24) is 15.5 Å². The van der Waals surface area contributed by atoms with Gasteiger partial charge in [-0.25, -0.2) is 0 Å². The molecule has 0 spiro atoms. The van der Waals surface area contributed by atoms with Gasteiger partial charge in [0.25, 0.3) is 0 Å². The van der Waals surface area contributed by atoms with Crippen LogP contribution in [0.1, 0.15) is 17.3 Å². The molecule has 1 heterocycles. The van der Waals surface area contributed by atoms with Crippen LogP contribution in [0.2, 0.25) is 5.02 Å². The molecule has 1 aromatic heterocycles. The van der Waals surface area contributed by atoms with Gasteiger partial charge < -0.3 is 9.84 Å². The van der Waals surface area contributed by atoms with E-state index in [2.05, 4.69) is 31.4 Å². The average molecular weight is 331 g/mol. The van der Waals surface area contributed by atoms with Crippen LogP contribution in [-0.4, -0.2) is 16.7 Å². The Kier molecular flexibility index (Phi) is 4.74. The summed E-state index contributed by atoms with van der Waals surface area (Å²) in [6.45, 7) is 3.29. The maximum Gasteiger partial charge on any atom is 0.223 e. The molecule has 96 valence electrons. The van der Waals surface area contributed by atoms with Crippen molar-refractivity contribution in [3.63, 3.8) is 0 Å². The molecule has 0 aliphatic heterocycles. The number of hydrogen-bond donors (Lipinski definition) is 1. The van der Waals surface area contributed by atoms with Crippen molar-refractivity contribution in [2.24, 2.45) is 0 Å². The van der Waals surface area contributed by atoms with Crippen molar-refractivity contribution in [1.29, 1.82) is 0 Å². The first-order valence-corrected chi connectivity index (χ1v) is 6.76. The molecular weight excluding hydrogens is 318 g/mol. The maximum absolute atomic E-state index is 6.12. The van der Waals surface area contributed by atoms with Gasteiger partial charge in [0.15, 0.2) is 5.82 Å². The first-order chi connectivity index (χ1) is 8.65. The second-order valence-corrected chi connectivity index (χ2v) is 5.22. The van der Waals surface area contributed by atoms with E-state index in [0.29, 0.717) is 5.89 Å². The number of halogens is 2. The van der Waals surface area contributed by atoms with Gasteiger partial charge in [0.05, 0.1) is 0 Å². The first kappa shape index (κ1) is 13.5. The normalized spacial score (nSPS) is 10.8. The lowest BCUT2D eigenvalue weighted by atomic mass is 10.2. The number of nitrogens with zero attached hydrogens (tertiary/aromatic N) is 2. The van der Waals surface area contributed by atoms with Gasteiger partial charge in [-0.2, -0.15) is 4.98 Å². The molecule has 2 rings (SSSR count). The highest BCUT2D eigenvalue weighted by molar-refractivity contribution is 9.10. The van der Waals surface area contributed by atoms with Gasteiger partial charge in [-0.05, 0) is 17.7 Å². The van der Waals surface area contributed by atoms with Crippen LogP contribution in [0.4, 0.5) is 0 Å². The average Bonchev–Trinajstić information content (AvgIpc) is 2.73. The predicted molar refractivity (Wildman–Crippen MR) is 73.6 cm³/mol. The summed E-state index contributed by atoms with van der Waals surface area (Å²) in [6.07, 6.45) is 0.742. The van der Waals surface area contributed by atoms with Crippen LogP contribution >= 0.6 is 27.5 Å². The minimum Gasteiger partial charge on any atom is -0.340 e. The Bertz CT molecular complexity index is 530. The fourth-order valence-electron chi connectivity index (χ4n) is 1.53. The van der Waals surface area contributed by atoms with E-state index >= 15 is 0 Å². The van der Waals surface area contributed by atoms with Crippen molar-refractivity contribution in [3.05, 3.63) is 45.0 Å². The van der Waals surface area contributed by atoms with Crippen molar-refractivity contribution in [3.8, 4) is 0 Å². The number of hydrogen-bond acceptors (Lipinski definition) is 4. The van der Waals surface area contributed by atoms with Gasteiger partial charge in [-0.1, -0.05) is 38.8 Å². The third-order valence-electron chi connectivity index (χ3n) is 2.43. The van der Waals surface area contributed by atoms with Crippen LogP contribution in [0.15, 0.2) is 27.2 Å². The summed E-state index contributed by atoms with van der Waals surface area (Å²) in [6, 6.07) is 5.87. The number of aryl methyl sites for hydroxylation is 1. The Balaban J connectivity index is 1.78. The summed E-state index contributed by atoms with van der Waals surface area (Å²) in [5.74, 6) is 1.32. The van der Waals surface area contributed by atoms with E-state index in [-0.39, 0.29) is 0 Å². The molecule has 0 aliphatic carbocycles. The quantitative estimate of drug-likeness (QED) is 0.856. The molecule has 0 saturated carbocycles. The molecule has 2 aromatic rings. The van der Waals surface area contributed by atoms with Crippen LogP contribution in [-0.2, 0) is 13.0 Å². The van der Waals surface area contributed by atoms with Crippen LogP contribution < -0.4 is 5.32 Å². The van der Waals surface area contributed by atoms with Gasteiger partial charge in [0, 0.05) is 35.9 Å². The highest BCUT2D eigenvalue weighted by atomic mass is 79.9. The largest absolute Gasteiger partial charge is 0.340 e. The Morgan fingerprint density at radius 2 is 2.28 bits per heavy atom. The fourth-order valence-corrected chi connectivity index (χ4v) is 2.27. The Morgan fingerprint density at radius 1 is 1.44 bits per heavy atom. The SMILES string of the molecule is Cc1nc(CCNCc2ccc(Br)cc2Cl)no1. The number of nitrogens with one attached hydrogen (secondary N) is 1. The van der Waals surface area contributed by atoms with E-state index < -0.39 is 0 Å². The second-order valence-electron chi connectivity index (χ2n) is 3.89. The number of rotatable bonds is 5. The fraction of sp³-hybridized carbons (Fsp3) is 0.333. The molecule has 6 heteroatoms. The van der Waals surface area contributed by atoms with E-state index in [1.54, 1.807) is 6.92 Å². The minimum atomic E-state index is 0.598.